The molecule has 1 atom stereocenters. The second-order valence-electron chi connectivity index (χ2n) is 3.44. The van der Waals surface area contributed by atoms with Gasteiger partial charge in [0.05, 0.1) is 6.10 Å². The average molecular weight is 172 g/mol. The number of methoxy groups -OCH3 is 1. The lowest BCUT2D eigenvalue weighted by molar-refractivity contribution is 0.0668. The van der Waals surface area contributed by atoms with E-state index in [9.17, 15) is 0 Å². The van der Waals surface area contributed by atoms with E-state index < -0.39 is 0 Å². The molecule has 1 fully saturated rings. The third-order valence-corrected chi connectivity index (χ3v) is 2.48. The predicted octanol–water partition coefficient (Wildman–Crippen LogP) is 0.446. The summed E-state index contributed by atoms with van der Waals surface area (Å²) < 4.78 is 5.33. The Morgan fingerprint density at radius 2 is 2.08 bits per heavy atom. The Hall–Kier alpha value is -0.120. The lowest BCUT2D eigenvalue weighted by Gasteiger charge is -2.21. The van der Waals surface area contributed by atoms with Gasteiger partial charge in [0, 0.05) is 13.7 Å². The minimum absolute atomic E-state index is 0.341. The molecule has 12 heavy (non-hydrogen) atoms. The van der Waals surface area contributed by atoms with Gasteiger partial charge in [-0.05, 0) is 38.9 Å². The van der Waals surface area contributed by atoms with Crippen LogP contribution in [0.2, 0.25) is 0 Å². The van der Waals surface area contributed by atoms with Crippen LogP contribution in [0.5, 0.6) is 0 Å². The molecule has 3 heteroatoms. The maximum Gasteiger partial charge on any atom is 0.0710 e. The molecule has 1 rings (SSSR count). The van der Waals surface area contributed by atoms with Crippen molar-refractivity contribution < 1.29 is 4.74 Å². The van der Waals surface area contributed by atoms with Gasteiger partial charge in [0.15, 0.2) is 0 Å². The topological polar surface area (TPSA) is 38.5 Å². The summed E-state index contributed by atoms with van der Waals surface area (Å²) in [4.78, 5) is 2.46. The van der Waals surface area contributed by atoms with Crippen LogP contribution in [0.1, 0.15) is 19.3 Å². The van der Waals surface area contributed by atoms with E-state index in [1.165, 1.54) is 25.9 Å². The molecule has 2 N–H and O–H groups in total. The second kappa shape index (κ2) is 5.51. The van der Waals surface area contributed by atoms with E-state index in [0.717, 1.165) is 19.5 Å². The SMILES string of the molecule is COC(CCN)CN1CCCC1. The van der Waals surface area contributed by atoms with Gasteiger partial charge in [-0.2, -0.15) is 0 Å². The molecule has 72 valence electrons. The van der Waals surface area contributed by atoms with Gasteiger partial charge in [-0.25, -0.2) is 0 Å². The Morgan fingerprint density at radius 3 is 2.58 bits per heavy atom. The first-order valence-electron chi connectivity index (χ1n) is 4.82. The van der Waals surface area contributed by atoms with Crippen LogP contribution in [0.15, 0.2) is 0 Å². The lowest BCUT2D eigenvalue weighted by Crippen LogP contribution is -2.32. The van der Waals surface area contributed by atoms with Gasteiger partial charge in [0.25, 0.3) is 0 Å². The van der Waals surface area contributed by atoms with E-state index in [-0.39, 0.29) is 0 Å². The van der Waals surface area contributed by atoms with Gasteiger partial charge in [-0.1, -0.05) is 0 Å². The number of rotatable bonds is 5. The van der Waals surface area contributed by atoms with Crippen LogP contribution >= 0.6 is 0 Å². The molecule has 0 aromatic heterocycles. The third kappa shape index (κ3) is 3.09. The monoisotopic (exact) mass is 172 g/mol. The normalized spacial score (nSPS) is 21.5. The molecule has 3 nitrogen and oxygen atoms in total. The summed E-state index contributed by atoms with van der Waals surface area (Å²) in [6.45, 7) is 4.27. The molecule has 1 heterocycles. The standard InChI is InChI=1S/C9H20N2O/c1-12-9(4-5-10)8-11-6-2-3-7-11/h9H,2-8,10H2,1H3. The van der Waals surface area contributed by atoms with Crippen LogP contribution in [0.25, 0.3) is 0 Å². The number of nitrogens with two attached hydrogens (primary N) is 1. The summed E-state index contributed by atoms with van der Waals surface area (Å²) in [7, 11) is 1.77. The maximum atomic E-state index is 5.48. The highest BCUT2D eigenvalue weighted by Crippen LogP contribution is 2.09. The van der Waals surface area contributed by atoms with Gasteiger partial charge >= 0.3 is 0 Å². The Morgan fingerprint density at radius 1 is 1.42 bits per heavy atom. The number of hydrogen-bond donors (Lipinski definition) is 1. The lowest BCUT2D eigenvalue weighted by atomic mass is 10.2. The zero-order chi connectivity index (χ0) is 8.81. The van der Waals surface area contributed by atoms with E-state index in [1.807, 2.05) is 0 Å². The van der Waals surface area contributed by atoms with Gasteiger partial charge in [-0.15, -0.1) is 0 Å². The average Bonchev–Trinajstić information content (AvgIpc) is 2.56. The smallest absolute Gasteiger partial charge is 0.0710 e. The molecule has 1 saturated heterocycles. The summed E-state index contributed by atoms with van der Waals surface area (Å²) in [6.07, 6.45) is 4.01. The summed E-state index contributed by atoms with van der Waals surface area (Å²) in [5.74, 6) is 0. The summed E-state index contributed by atoms with van der Waals surface area (Å²) in [6, 6.07) is 0. The van der Waals surface area contributed by atoms with Crippen molar-refractivity contribution in [3.63, 3.8) is 0 Å². The van der Waals surface area contributed by atoms with Crippen molar-refractivity contribution in [2.75, 3.05) is 33.3 Å². The first-order valence-corrected chi connectivity index (χ1v) is 4.82. The number of hydrogen-bond acceptors (Lipinski definition) is 3. The number of ether oxygens (including phenoxy) is 1. The molecule has 0 aliphatic carbocycles. The fourth-order valence-electron chi connectivity index (χ4n) is 1.72. The Bertz CT molecular complexity index is 113. The van der Waals surface area contributed by atoms with E-state index >= 15 is 0 Å². The molecular weight excluding hydrogens is 152 g/mol. The molecule has 0 saturated carbocycles. The van der Waals surface area contributed by atoms with Gasteiger partial charge in [0.2, 0.25) is 0 Å². The third-order valence-electron chi connectivity index (χ3n) is 2.48. The highest BCUT2D eigenvalue weighted by molar-refractivity contribution is 4.71. The number of nitrogens with zero attached hydrogens (tertiary/aromatic N) is 1. The van der Waals surface area contributed by atoms with Crippen LogP contribution in [-0.4, -0.2) is 44.3 Å². The van der Waals surface area contributed by atoms with Crippen LogP contribution in [0, 0.1) is 0 Å². The highest BCUT2D eigenvalue weighted by atomic mass is 16.5. The molecule has 0 spiro atoms. The largest absolute Gasteiger partial charge is 0.380 e. The molecule has 0 radical (unpaired) electrons. The summed E-state index contributed by atoms with van der Waals surface area (Å²) in [5.41, 5.74) is 5.48. The summed E-state index contributed by atoms with van der Waals surface area (Å²) in [5, 5.41) is 0. The zero-order valence-electron chi connectivity index (χ0n) is 7.96. The van der Waals surface area contributed by atoms with Crippen LogP contribution in [0.4, 0.5) is 0 Å². The number of likely N-dealkylation sites (tertiary alicyclic amines) is 1. The second-order valence-corrected chi connectivity index (χ2v) is 3.44. The Kier molecular flexibility index (Phi) is 4.58. The van der Waals surface area contributed by atoms with E-state index in [2.05, 4.69) is 4.90 Å². The molecule has 0 bridgehead atoms. The first-order chi connectivity index (χ1) is 5.86. The van der Waals surface area contributed by atoms with E-state index in [0.29, 0.717) is 6.10 Å². The van der Waals surface area contributed by atoms with Crippen molar-refractivity contribution in [2.24, 2.45) is 5.73 Å². The van der Waals surface area contributed by atoms with Crippen molar-refractivity contribution >= 4 is 0 Å². The molecule has 0 aromatic carbocycles. The van der Waals surface area contributed by atoms with Crippen molar-refractivity contribution in [3.05, 3.63) is 0 Å². The van der Waals surface area contributed by atoms with Crippen LogP contribution < -0.4 is 5.73 Å². The molecule has 0 aromatic rings. The minimum atomic E-state index is 0.341. The predicted molar refractivity (Wildman–Crippen MR) is 50.1 cm³/mol. The maximum absolute atomic E-state index is 5.48. The summed E-state index contributed by atoms with van der Waals surface area (Å²) >= 11 is 0. The van der Waals surface area contributed by atoms with Crippen LogP contribution in [-0.2, 0) is 4.74 Å². The molecular formula is C9H20N2O. The van der Waals surface area contributed by atoms with Crippen molar-refractivity contribution in [1.29, 1.82) is 0 Å². The molecule has 1 unspecified atom stereocenters. The van der Waals surface area contributed by atoms with Crippen molar-refractivity contribution in [3.8, 4) is 0 Å². The Balaban J connectivity index is 2.16. The highest BCUT2D eigenvalue weighted by Gasteiger charge is 2.16. The van der Waals surface area contributed by atoms with Gasteiger partial charge in [-0.3, -0.25) is 0 Å². The van der Waals surface area contributed by atoms with Crippen molar-refractivity contribution in [2.45, 2.75) is 25.4 Å². The fraction of sp³-hybridized carbons (Fsp3) is 1.00. The van der Waals surface area contributed by atoms with Gasteiger partial charge in [0.1, 0.15) is 0 Å². The van der Waals surface area contributed by atoms with Crippen molar-refractivity contribution in [1.82, 2.24) is 4.90 Å². The molecule has 1 aliphatic heterocycles. The Labute approximate surface area is 74.9 Å². The quantitative estimate of drug-likeness (QED) is 0.654. The first kappa shape index (κ1) is 9.96. The molecule has 1 aliphatic rings. The zero-order valence-corrected chi connectivity index (χ0v) is 7.96. The van der Waals surface area contributed by atoms with E-state index in [1.54, 1.807) is 7.11 Å². The van der Waals surface area contributed by atoms with E-state index in [4.69, 9.17) is 10.5 Å². The van der Waals surface area contributed by atoms with Gasteiger partial charge < -0.3 is 15.4 Å². The minimum Gasteiger partial charge on any atom is -0.380 e. The van der Waals surface area contributed by atoms with Crippen LogP contribution in [0.3, 0.4) is 0 Å². The molecule has 0 amide bonds. The fourth-order valence-corrected chi connectivity index (χ4v) is 1.72.